The molecular formula is C13H20N2O4. The molecule has 0 unspecified atom stereocenters. The molecule has 0 aromatic heterocycles. The first kappa shape index (κ1) is 15.2. The van der Waals surface area contributed by atoms with Crippen LogP contribution < -0.4 is 11.1 Å². The number of hydrogen-bond donors (Lipinski definition) is 3. The summed E-state index contributed by atoms with van der Waals surface area (Å²) in [6, 6.07) is -0.825. The molecule has 0 spiro atoms. The minimum atomic E-state index is -0.995. The average Bonchev–Trinajstić information content (AvgIpc) is 2.88. The Bertz CT molecular complexity index is 377. The SMILES string of the molecule is N[C@@H](CCCCNC(=O)OCC1=CC=CC1)C(=O)O. The molecule has 6 nitrogen and oxygen atoms in total. The summed E-state index contributed by atoms with van der Waals surface area (Å²) in [7, 11) is 0. The van der Waals surface area contributed by atoms with Gasteiger partial charge in [-0.15, -0.1) is 0 Å². The molecule has 4 N–H and O–H groups in total. The van der Waals surface area contributed by atoms with Crippen molar-refractivity contribution in [2.24, 2.45) is 5.73 Å². The highest BCUT2D eigenvalue weighted by atomic mass is 16.5. The number of amides is 1. The number of ether oxygens (including phenoxy) is 1. The number of nitrogens with two attached hydrogens (primary N) is 1. The van der Waals surface area contributed by atoms with E-state index in [4.69, 9.17) is 15.6 Å². The molecule has 0 bridgehead atoms. The fourth-order valence-corrected chi connectivity index (χ4v) is 1.61. The van der Waals surface area contributed by atoms with Crippen LogP contribution in [0.15, 0.2) is 23.8 Å². The standard InChI is InChI=1S/C13H20N2O4/c14-11(12(16)17)7-3-4-8-15-13(18)19-9-10-5-1-2-6-10/h1-2,5,11H,3-4,6-9,14H2,(H,15,18)(H,16,17)/t11-/m0/s1. The molecule has 1 aliphatic carbocycles. The lowest BCUT2D eigenvalue weighted by Gasteiger charge is -2.08. The molecule has 0 aromatic rings. The summed E-state index contributed by atoms with van der Waals surface area (Å²) in [5, 5.41) is 11.2. The van der Waals surface area contributed by atoms with Crippen LogP contribution in [0.2, 0.25) is 0 Å². The Balaban J connectivity index is 1.97. The first-order valence-electron chi connectivity index (χ1n) is 6.33. The number of rotatable bonds is 8. The third-order valence-corrected chi connectivity index (χ3v) is 2.77. The van der Waals surface area contributed by atoms with Crippen LogP contribution in [0.5, 0.6) is 0 Å². The maximum atomic E-state index is 11.3. The van der Waals surface area contributed by atoms with Crippen LogP contribution in [0.4, 0.5) is 4.79 Å². The number of alkyl carbamates (subject to hydrolysis) is 1. The quantitative estimate of drug-likeness (QED) is 0.574. The molecule has 1 amide bonds. The van der Waals surface area contributed by atoms with Gasteiger partial charge in [-0.25, -0.2) is 4.79 Å². The molecule has 0 saturated carbocycles. The van der Waals surface area contributed by atoms with Crippen LogP contribution in [0.3, 0.4) is 0 Å². The van der Waals surface area contributed by atoms with Crippen LogP contribution >= 0.6 is 0 Å². The number of carbonyl (C=O) groups excluding carboxylic acids is 1. The number of allylic oxidation sites excluding steroid dienone is 3. The van der Waals surface area contributed by atoms with E-state index in [2.05, 4.69) is 5.32 Å². The Hall–Kier alpha value is -1.82. The summed E-state index contributed by atoms with van der Waals surface area (Å²) >= 11 is 0. The second-order valence-corrected chi connectivity index (χ2v) is 4.40. The highest BCUT2D eigenvalue weighted by molar-refractivity contribution is 5.72. The summed E-state index contributed by atoms with van der Waals surface area (Å²) in [6.07, 6.45) is 7.99. The van der Waals surface area contributed by atoms with Crippen LogP contribution in [0.1, 0.15) is 25.7 Å². The second kappa shape index (κ2) is 8.31. The van der Waals surface area contributed by atoms with E-state index in [-0.39, 0.29) is 0 Å². The molecular weight excluding hydrogens is 248 g/mol. The molecule has 0 heterocycles. The highest BCUT2D eigenvalue weighted by Gasteiger charge is 2.10. The fourth-order valence-electron chi connectivity index (χ4n) is 1.61. The Labute approximate surface area is 112 Å². The van der Waals surface area contributed by atoms with Crippen LogP contribution in [-0.2, 0) is 9.53 Å². The molecule has 1 aliphatic rings. The molecule has 0 aliphatic heterocycles. The number of unbranched alkanes of at least 4 members (excludes halogenated alkanes) is 1. The molecule has 19 heavy (non-hydrogen) atoms. The molecule has 1 rings (SSSR count). The van der Waals surface area contributed by atoms with E-state index >= 15 is 0 Å². The van der Waals surface area contributed by atoms with Gasteiger partial charge in [0.15, 0.2) is 0 Å². The summed E-state index contributed by atoms with van der Waals surface area (Å²) < 4.78 is 5.01. The molecule has 0 aromatic carbocycles. The van der Waals surface area contributed by atoms with E-state index in [1.54, 1.807) is 0 Å². The number of carbonyl (C=O) groups is 2. The van der Waals surface area contributed by atoms with Gasteiger partial charge in [-0.2, -0.15) is 0 Å². The van der Waals surface area contributed by atoms with Crippen molar-refractivity contribution in [3.63, 3.8) is 0 Å². The zero-order valence-electron chi connectivity index (χ0n) is 10.8. The van der Waals surface area contributed by atoms with Gasteiger partial charge >= 0.3 is 12.1 Å². The lowest BCUT2D eigenvalue weighted by atomic mass is 10.1. The predicted molar refractivity (Wildman–Crippen MR) is 70.7 cm³/mol. The Morgan fingerprint density at radius 3 is 2.89 bits per heavy atom. The summed E-state index contributed by atoms with van der Waals surface area (Å²) in [6.45, 7) is 0.769. The molecule has 0 fully saturated rings. The Morgan fingerprint density at radius 1 is 1.47 bits per heavy atom. The molecule has 0 saturated heterocycles. The van der Waals surface area contributed by atoms with Crippen molar-refractivity contribution in [2.45, 2.75) is 31.7 Å². The van der Waals surface area contributed by atoms with Crippen molar-refractivity contribution in [1.82, 2.24) is 5.32 Å². The van der Waals surface area contributed by atoms with Gasteiger partial charge < -0.3 is 20.9 Å². The van der Waals surface area contributed by atoms with Crippen molar-refractivity contribution >= 4 is 12.1 Å². The van der Waals surface area contributed by atoms with Crippen molar-refractivity contribution in [2.75, 3.05) is 13.2 Å². The van der Waals surface area contributed by atoms with E-state index in [1.165, 1.54) is 0 Å². The van der Waals surface area contributed by atoms with Gasteiger partial charge in [0, 0.05) is 6.54 Å². The lowest BCUT2D eigenvalue weighted by molar-refractivity contribution is -0.138. The third-order valence-electron chi connectivity index (χ3n) is 2.77. The van der Waals surface area contributed by atoms with Gasteiger partial charge in [0.05, 0.1) is 0 Å². The van der Waals surface area contributed by atoms with Crippen molar-refractivity contribution < 1.29 is 19.4 Å². The zero-order valence-corrected chi connectivity index (χ0v) is 10.8. The van der Waals surface area contributed by atoms with Gasteiger partial charge in [-0.1, -0.05) is 18.2 Å². The van der Waals surface area contributed by atoms with E-state index in [1.807, 2.05) is 18.2 Å². The number of carboxylic acid groups (broad SMARTS) is 1. The topological polar surface area (TPSA) is 102 Å². The molecule has 6 heteroatoms. The van der Waals surface area contributed by atoms with Crippen LogP contribution in [0, 0.1) is 0 Å². The van der Waals surface area contributed by atoms with E-state index in [0.29, 0.717) is 32.4 Å². The van der Waals surface area contributed by atoms with Crippen LogP contribution in [-0.4, -0.2) is 36.4 Å². The molecule has 1 atom stereocenters. The zero-order chi connectivity index (χ0) is 14.1. The van der Waals surface area contributed by atoms with Crippen molar-refractivity contribution in [3.05, 3.63) is 23.8 Å². The largest absolute Gasteiger partial charge is 0.480 e. The van der Waals surface area contributed by atoms with Gasteiger partial charge in [0.25, 0.3) is 0 Å². The fraction of sp³-hybridized carbons (Fsp3) is 0.538. The Morgan fingerprint density at radius 2 is 2.26 bits per heavy atom. The van der Waals surface area contributed by atoms with Gasteiger partial charge in [-0.3, -0.25) is 4.79 Å². The first-order chi connectivity index (χ1) is 9.09. The van der Waals surface area contributed by atoms with E-state index in [0.717, 1.165) is 12.0 Å². The van der Waals surface area contributed by atoms with Crippen LogP contribution in [0.25, 0.3) is 0 Å². The normalized spacial score (nSPS) is 14.9. The molecule has 106 valence electrons. The molecule has 0 radical (unpaired) electrons. The monoisotopic (exact) mass is 268 g/mol. The number of carboxylic acids is 1. The summed E-state index contributed by atoms with van der Waals surface area (Å²) in [5.74, 6) is -0.995. The predicted octanol–water partition coefficient (Wildman–Crippen LogP) is 1.18. The Kier molecular flexibility index (Phi) is 6.67. The van der Waals surface area contributed by atoms with Gasteiger partial charge in [-0.05, 0) is 31.3 Å². The van der Waals surface area contributed by atoms with Crippen molar-refractivity contribution in [1.29, 1.82) is 0 Å². The average molecular weight is 268 g/mol. The second-order valence-electron chi connectivity index (χ2n) is 4.40. The van der Waals surface area contributed by atoms with E-state index < -0.39 is 18.1 Å². The lowest BCUT2D eigenvalue weighted by Crippen LogP contribution is -2.30. The van der Waals surface area contributed by atoms with E-state index in [9.17, 15) is 9.59 Å². The summed E-state index contributed by atoms with van der Waals surface area (Å²) in [5.41, 5.74) is 6.42. The number of hydrogen-bond acceptors (Lipinski definition) is 4. The number of nitrogens with one attached hydrogen (secondary N) is 1. The van der Waals surface area contributed by atoms with Crippen molar-refractivity contribution in [3.8, 4) is 0 Å². The maximum Gasteiger partial charge on any atom is 0.407 e. The minimum Gasteiger partial charge on any atom is -0.480 e. The minimum absolute atomic E-state index is 0.308. The van der Waals surface area contributed by atoms with Gasteiger partial charge in [0.2, 0.25) is 0 Å². The number of aliphatic carboxylic acids is 1. The highest BCUT2D eigenvalue weighted by Crippen LogP contribution is 2.10. The summed E-state index contributed by atoms with van der Waals surface area (Å²) in [4.78, 5) is 21.8. The smallest absolute Gasteiger partial charge is 0.407 e. The first-order valence-corrected chi connectivity index (χ1v) is 6.33. The van der Waals surface area contributed by atoms with Gasteiger partial charge in [0.1, 0.15) is 12.6 Å². The maximum absolute atomic E-state index is 11.3. The third kappa shape index (κ3) is 6.61.